The zero-order valence-corrected chi connectivity index (χ0v) is 14.4. The minimum Gasteiger partial charge on any atom is -0.410 e. The average molecular weight is 292 g/mol. The third kappa shape index (κ3) is 4.58. The van der Waals surface area contributed by atoms with E-state index in [1.165, 1.54) is 0 Å². The van der Waals surface area contributed by atoms with Gasteiger partial charge in [0, 0.05) is 6.42 Å². The van der Waals surface area contributed by atoms with E-state index < -0.39 is 14.4 Å². The third-order valence-electron chi connectivity index (χ3n) is 4.14. The van der Waals surface area contributed by atoms with Crippen molar-refractivity contribution in [2.45, 2.75) is 57.5 Å². The molecule has 0 aliphatic carbocycles. The highest BCUT2D eigenvalue weighted by Gasteiger charge is 2.39. The predicted octanol–water partition coefficient (Wildman–Crippen LogP) is 4.69. The Morgan fingerprint density at radius 1 is 1.25 bits per heavy atom. The second kappa shape index (κ2) is 6.70. The van der Waals surface area contributed by atoms with Gasteiger partial charge in [-0.1, -0.05) is 57.2 Å². The van der Waals surface area contributed by atoms with Gasteiger partial charge in [0.25, 0.3) is 0 Å². The van der Waals surface area contributed by atoms with Gasteiger partial charge >= 0.3 is 0 Å². The van der Waals surface area contributed by atoms with Gasteiger partial charge in [-0.3, -0.25) is 0 Å². The lowest BCUT2D eigenvalue weighted by atomic mass is 10.0. The second-order valence-corrected chi connectivity index (χ2v) is 11.6. The van der Waals surface area contributed by atoms with Crippen LogP contribution in [0.15, 0.2) is 43.0 Å². The highest BCUT2D eigenvalue weighted by atomic mass is 28.4. The van der Waals surface area contributed by atoms with E-state index in [0.717, 1.165) is 5.56 Å². The Morgan fingerprint density at radius 2 is 1.80 bits per heavy atom. The molecule has 2 nitrogen and oxygen atoms in total. The Balaban J connectivity index is 2.98. The molecule has 1 rings (SSSR count). The number of hydrogen-bond acceptors (Lipinski definition) is 2. The SMILES string of the molecule is C=C[C@H](O)C[C@H](O[Si](C)(C)C(C)(C)C)c1ccccc1. The first-order valence-electron chi connectivity index (χ1n) is 7.21. The minimum absolute atomic E-state index is 0.0786. The monoisotopic (exact) mass is 292 g/mol. The summed E-state index contributed by atoms with van der Waals surface area (Å²) in [6.07, 6.45) is 1.51. The molecule has 0 aliphatic rings. The highest BCUT2D eigenvalue weighted by Crippen LogP contribution is 2.40. The number of aliphatic hydroxyl groups excluding tert-OH is 1. The molecule has 1 aromatic carbocycles. The van der Waals surface area contributed by atoms with Crippen molar-refractivity contribution in [3.63, 3.8) is 0 Å². The molecule has 0 amide bonds. The van der Waals surface area contributed by atoms with Gasteiger partial charge in [0.2, 0.25) is 0 Å². The fourth-order valence-electron chi connectivity index (χ4n) is 1.77. The normalized spacial score (nSPS) is 15.7. The maximum Gasteiger partial charge on any atom is 0.192 e. The Bertz CT molecular complexity index is 420. The van der Waals surface area contributed by atoms with E-state index in [2.05, 4.69) is 52.6 Å². The van der Waals surface area contributed by atoms with Crippen LogP contribution in [0.1, 0.15) is 38.9 Å². The van der Waals surface area contributed by atoms with Crippen LogP contribution in [0.5, 0.6) is 0 Å². The molecule has 1 N–H and O–H groups in total. The summed E-state index contributed by atoms with van der Waals surface area (Å²) >= 11 is 0. The molecule has 0 aromatic heterocycles. The summed E-state index contributed by atoms with van der Waals surface area (Å²) in [5.41, 5.74) is 1.12. The maximum atomic E-state index is 9.91. The van der Waals surface area contributed by atoms with Crippen molar-refractivity contribution in [1.82, 2.24) is 0 Å². The van der Waals surface area contributed by atoms with Crippen molar-refractivity contribution >= 4 is 8.32 Å². The van der Waals surface area contributed by atoms with Crippen LogP contribution >= 0.6 is 0 Å². The summed E-state index contributed by atoms with van der Waals surface area (Å²) in [5, 5.41) is 10.1. The molecule has 0 bridgehead atoms. The fourth-order valence-corrected chi connectivity index (χ4v) is 3.07. The molecule has 0 aliphatic heterocycles. The molecule has 0 fully saturated rings. The third-order valence-corrected chi connectivity index (χ3v) is 8.63. The van der Waals surface area contributed by atoms with Gasteiger partial charge in [0.15, 0.2) is 8.32 Å². The average Bonchev–Trinajstić information content (AvgIpc) is 2.37. The van der Waals surface area contributed by atoms with Crippen molar-refractivity contribution in [2.24, 2.45) is 0 Å². The van der Waals surface area contributed by atoms with Crippen LogP contribution < -0.4 is 0 Å². The van der Waals surface area contributed by atoms with E-state index in [4.69, 9.17) is 4.43 Å². The molecule has 0 saturated heterocycles. The van der Waals surface area contributed by atoms with Gasteiger partial charge in [-0.15, -0.1) is 6.58 Å². The number of rotatable bonds is 6. The highest BCUT2D eigenvalue weighted by molar-refractivity contribution is 6.74. The van der Waals surface area contributed by atoms with E-state index >= 15 is 0 Å². The number of hydrogen-bond donors (Lipinski definition) is 1. The van der Waals surface area contributed by atoms with Crippen LogP contribution in [0.4, 0.5) is 0 Å². The molecule has 2 atom stereocenters. The van der Waals surface area contributed by atoms with Crippen molar-refractivity contribution in [3.8, 4) is 0 Å². The van der Waals surface area contributed by atoms with E-state index in [0.29, 0.717) is 6.42 Å². The maximum absolute atomic E-state index is 9.91. The standard InChI is InChI=1S/C17H28O2Si/c1-7-15(18)13-16(14-11-9-8-10-12-14)19-20(5,6)17(2,3)4/h7-12,15-16,18H,1,13H2,2-6H3/t15-,16-/m0/s1. The van der Waals surface area contributed by atoms with E-state index in [1.54, 1.807) is 6.08 Å². The van der Waals surface area contributed by atoms with Crippen molar-refractivity contribution in [3.05, 3.63) is 48.6 Å². The molecule has 0 saturated carbocycles. The Hall–Kier alpha value is -0.903. The van der Waals surface area contributed by atoms with Crippen LogP contribution in [-0.2, 0) is 4.43 Å². The summed E-state index contributed by atoms with van der Waals surface area (Å²) in [4.78, 5) is 0. The number of benzene rings is 1. The van der Waals surface area contributed by atoms with Crippen LogP contribution in [0.3, 0.4) is 0 Å². The van der Waals surface area contributed by atoms with Gasteiger partial charge in [-0.2, -0.15) is 0 Å². The largest absolute Gasteiger partial charge is 0.410 e. The van der Waals surface area contributed by atoms with Crippen molar-refractivity contribution < 1.29 is 9.53 Å². The Kier molecular flexibility index (Phi) is 5.75. The smallest absolute Gasteiger partial charge is 0.192 e. The van der Waals surface area contributed by atoms with Crippen LogP contribution in [0, 0.1) is 0 Å². The lowest BCUT2D eigenvalue weighted by Crippen LogP contribution is -2.42. The first-order chi connectivity index (χ1) is 9.17. The predicted molar refractivity (Wildman–Crippen MR) is 88.3 cm³/mol. The fraction of sp³-hybridized carbons (Fsp3) is 0.529. The topological polar surface area (TPSA) is 29.5 Å². The lowest BCUT2D eigenvalue weighted by molar-refractivity contribution is 0.111. The number of aliphatic hydroxyl groups is 1. The van der Waals surface area contributed by atoms with Crippen molar-refractivity contribution in [2.75, 3.05) is 0 Å². The molecule has 0 heterocycles. The first-order valence-corrected chi connectivity index (χ1v) is 10.1. The van der Waals surface area contributed by atoms with Crippen LogP contribution in [-0.4, -0.2) is 19.5 Å². The molecule has 112 valence electrons. The summed E-state index contributed by atoms with van der Waals surface area (Å²) in [6, 6.07) is 10.1. The van der Waals surface area contributed by atoms with Crippen LogP contribution in [0.2, 0.25) is 18.1 Å². The summed E-state index contributed by atoms with van der Waals surface area (Å²) in [7, 11) is -1.88. The Morgan fingerprint density at radius 3 is 2.25 bits per heavy atom. The van der Waals surface area contributed by atoms with E-state index in [-0.39, 0.29) is 11.1 Å². The molecular weight excluding hydrogens is 264 g/mol. The second-order valence-electron chi connectivity index (χ2n) is 6.82. The molecule has 20 heavy (non-hydrogen) atoms. The van der Waals surface area contributed by atoms with E-state index in [9.17, 15) is 5.11 Å². The van der Waals surface area contributed by atoms with Gasteiger partial charge in [0.1, 0.15) is 0 Å². The first kappa shape index (κ1) is 17.1. The zero-order chi connectivity index (χ0) is 15.4. The lowest BCUT2D eigenvalue weighted by Gasteiger charge is -2.39. The molecule has 0 unspecified atom stereocenters. The molecule has 3 heteroatoms. The Labute approximate surface area is 124 Å². The summed E-state index contributed by atoms with van der Waals surface area (Å²) in [5.74, 6) is 0. The zero-order valence-electron chi connectivity index (χ0n) is 13.4. The molecule has 0 radical (unpaired) electrons. The van der Waals surface area contributed by atoms with Crippen molar-refractivity contribution in [1.29, 1.82) is 0 Å². The van der Waals surface area contributed by atoms with Gasteiger partial charge in [-0.25, -0.2) is 0 Å². The molecule has 1 aromatic rings. The quantitative estimate of drug-likeness (QED) is 0.609. The van der Waals surface area contributed by atoms with Gasteiger partial charge in [-0.05, 0) is 23.7 Å². The van der Waals surface area contributed by atoms with E-state index in [1.807, 2.05) is 18.2 Å². The summed E-state index contributed by atoms with van der Waals surface area (Å²) < 4.78 is 6.49. The summed E-state index contributed by atoms with van der Waals surface area (Å²) in [6.45, 7) is 14.8. The molecule has 0 spiro atoms. The van der Waals surface area contributed by atoms with Gasteiger partial charge < -0.3 is 9.53 Å². The van der Waals surface area contributed by atoms with Gasteiger partial charge in [0.05, 0.1) is 12.2 Å². The molecular formula is C17H28O2Si. The minimum atomic E-state index is -1.88. The van der Waals surface area contributed by atoms with Crippen LogP contribution in [0.25, 0.3) is 0 Å².